The average Bonchev–Trinajstić information content (AvgIpc) is 2.44. The molecule has 0 saturated heterocycles. The fourth-order valence-corrected chi connectivity index (χ4v) is 1.68. The molecule has 2 unspecified atom stereocenters. The summed E-state index contributed by atoms with van der Waals surface area (Å²) < 4.78 is 0. The minimum atomic E-state index is -1.28. The number of carbonyl (C=O) groups excluding carboxylic acids is 1. The SMILES string of the molecule is CCC(C)C(N)C(=O)Nc1cc(C(=O)O)cc(C(=O)O)c1. The monoisotopic (exact) mass is 294 g/mol. The fourth-order valence-electron chi connectivity index (χ4n) is 1.68. The molecule has 0 fully saturated rings. The number of carbonyl (C=O) groups is 3. The van der Waals surface area contributed by atoms with Crippen molar-refractivity contribution in [3.63, 3.8) is 0 Å². The Hall–Kier alpha value is -2.41. The molecule has 1 aromatic rings. The lowest BCUT2D eigenvalue weighted by Gasteiger charge is -2.18. The van der Waals surface area contributed by atoms with Crippen molar-refractivity contribution in [3.8, 4) is 0 Å². The molecule has 21 heavy (non-hydrogen) atoms. The maximum absolute atomic E-state index is 11.9. The van der Waals surface area contributed by atoms with Gasteiger partial charge in [0.1, 0.15) is 0 Å². The normalized spacial score (nSPS) is 13.3. The third-order valence-corrected chi connectivity index (χ3v) is 3.25. The van der Waals surface area contributed by atoms with Crippen LogP contribution in [0.3, 0.4) is 0 Å². The van der Waals surface area contributed by atoms with Crippen molar-refractivity contribution in [1.82, 2.24) is 0 Å². The molecule has 0 aliphatic carbocycles. The lowest BCUT2D eigenvalue weighted by Crippen LogP contribution is -2.40. The van der Waals surface area contributed by atoms with E-state index in [1.165, 1.54) is 12.1 Å². The van der Waals surface area contributed by atoms with Crippen molar-refractivity contribution in [1.29, 1.82) is 0 Å². The van der Waals surface area contributed by atoms with E-state index in [4.69, 9.17) is 15.9 Å². The lowest BCUT2D eigenvalue weighted by molar-refractivity contribution is -0.118. The lowest BCUT2D eigenvalue weighted by atomic mass is 9.99. The van der Waals surface area contributed by atoms with E-state index in [2.05, 4.69) is 5.32 Å². The van der Waals surface area contributed by atoms with Gasteiger partial charge in [-0.15, -0.1) is 0 Å². The van der Waals surface area contributed by atoms with E-state index in [-0.39, 0.29) is 22.7 Å². The molecule has 0 bridgehead atoms. The molecule has 0 aliphatic heterocycles. The fraction of sp³-hybridized carbons (Fsp3) is 0.357. The first kappa shape index (κ1) is 16.6. The topological polar surface area (TPSA) is 130 Å². The molecular formula is C14H18N2O5. The smallest absolute Gasteiger partial charge is 0.335 e. The number of amides is 1. The predicted molar refractivity (Wildman–Crippen MR) is 76.4 cm³/mol. The Morgan fingerprint density at radius 1 is 1.14 bits per heavy atom. The Balaban J connectivity index is 3.05. The number of hydrogen-bond donors (Lipinski definition) is 4. The summed E-state index contributed by atoms with van der Waals surface area (Å²) >= 11 is 0. The molecule has 1 aromatic carbocycles. The molecular weight excluding hydrogens is 276 g/mol. The zero-order valence-electron chi connectivity index (χ0n) is 11.8. The molecule has 114 valence electrons. The van der Waals surface area contributed by atoms with E-state index in [0.29, 0.717) is 6.42 Å². The maximum atomic E-state index is 11.9. The van der Waals surface area contributed by atoms with Gasteiger partial charge in [-0.3, -0.25) is 4.79 Å². The number of carboxylic acid groups (broad SMARTS) is 2. The van der Waals surface area contributed by atoms with Gasteiger partial charge in [-0.25, -0.2) is 9.59 Å². The zero-order valence-corrected chi connectivity index (χ0v) is 11.8. The highest BCUT2D eigenvalue weighted by Gasteiger charge is 2.20. The zero-order chi connectivity index (χ0) is 16.2. The third kappa shape index (κ3) is 4.28. The Morgan fingerprint density at radius 2 is 1.62 bits per heavy atom. The highest BCUT2D eigenvalue weighted by Crippen LogP contribution is 2.17. The van der Waals surface area contributed by atoms with Crippen molar-refractivity contribution >= 4 is 23.5 Å². The molecule has 0 spiro atoms. The van der Waals surface area contributed by atoms with Crippen LogP contribution in [0.5, 0.6) is 0 Å². The number of anilines is 1. The van der Waals surface area contributed by atoms with Crippen LogP contribution in [0.25, 0.3) is 0 Å². The number of hydrogen-bond acceptors (Lipinski definition) is 4. The quantitative estimate of drug-likeness (QED) is 0.627. The molecule has 0 heterocycles. The summed E-state index contributed by atoms with van der Waals surface area (Å²) in [7, 11) is 0. The van der Waals surface area contributed by atoms with Gasteiger partial charge in [0.15, 0.2) is 0 Å². The summed E-state index contributed by atoms with van der Waals surface area (Å²) in [5.41, 5.74) is 5.42. The molecule has 5 N–H and O–H groups in total. The van der Waals surface area contributed by atoms with Crippen molar-refractivity contribution in [2.45, 2.75) is 26.3 Å². The molecule has 1 rings (SSSR count). The second-order valence-corrected chi connectivity index (χ2v) is 4.81. The molecule has 0 radical (unpaired) electrons. The van der Waals surface area contributed by atoms with Gasteiger partial charge in [0, 0.05) is 5.69 Å². The average molecular weight is 294 g/mol. The summed E-state index contributed by atoms with van der Waals surface area (Å²) in [4.78, 5) is 33.9. The van der Waals surface area contributed by atoms with E-state index < -0.39 is 23.9 Å². The van der Waals surface area contributed by atoms with Gasteiger partial charge < -0.3 is 21.3 Å². The summed E-state index contributed by atoms with van der Waals surface area (Å²) in [6.07, 6.45) is 0.712. The second-order valence-electron chi connectivity index (χ2n) is 4.81. The van der Waals surface area contributed by atoms with E-state index in [0.717, 1.165) is 6.07 Å². The number of benzene rings is 1. The molecule has 7 nitrogen and oxygen atoms in total. The highest BCUT2D eigenvalue weighted by molar-refractivity contribution is 5.99. The van der Waals surface area contributed by atoms with Crippen LogP contribution in [0, 0.1) is 5.92 Å². The molecule has 0 aromatic heterocycles. The summed E-state index contributed by atoms with van der Waals surface area (Å²) in [5, 5.41) is 20.4. The van der Waals surface area contributed by atoms with Crippen LogP contribution in [0.2, 0.25) is 0 Å². The van der Waals surface area contributed by atoms with Crippen molar-refractivity contribution < 1.29 is 24.6 Å². The first-order valence-electron chi connectivity index (χ1n) is 6.44. The van der Waals surface area contributed by atoms with Crippen LogP contribution < -0.4 is 11.1 Å². The van der Waals surface area contributed by atoms with E-state index in [1.54, 1.807) is 0 Å². The Morgan fingerprint density at radius 3 is 2.00 bits per heavy atom. The standard InChI is InChI=1S/C14H18N2O5/c1-3-7(2)11(15)12(17)16-10-5-8(13(18)19)4-9(6-10)14(20)21/h4-7,11H,3,15H2,1-2H3,(H,16,17)(H,18,19)(H,20,21). The second kappa shape index (κ2) is 6.85. The van der Waals surface area contributed by atoms with Crippen LogP contribution >= 0.6 is 0 Å². The minimum absolute atomic E-state index is 0.0494. The van der Waals surface area contributed by atoms with E-state index in [9.17, 15) is 14.4 Å². The largest absolute Gasteiger partial charge is 0.478 e. The molecule has 1 amide bonds. The predicted octanol–water partition coefficient (Wildman–Crippen LogP) is 1.39. The van der Waals surface area contributed by atoms with Crippen LogP contribution in [-0.4, -0.2) is 34.1 Å². The van der Waals surface area contributed by atoms with Crippen molar-refractivity contribution in [3.05, 3.63) is 29.3 Å². The van der Waals surface area contributed by atoms with E-state index in [1.807, 2.05) is 13.8 Å². The summed E-state index contributed by atoms with van der Waals surface area (Å²) in [5.74, 6) is -3.09. The molecule has 0 saturated carbocycles. The third-order valence-electron chi connectivity index (χ3n) is 3.25. The maximum Gasteiger partial charge on any atom is 0.335 e. The molecule has 2 atom stereocenters. The first-order chi connectivity index (χ1) is 9.76. The highest BCUT2D eigenvalue weighted by atomic mass is 16.4. The van der Waals surface area contributed by atoms with Gasteiger partial charge in [-0.05, 0) is 24.1 Å². The van der Waals surface area contributed by atoms with Gasteiger partial charge in [-0.1, -0.05) is 20.3 Å². The molecule has 7 heteroatoms. The molecule has 0 aliphatic rings. The summed E-state index contributed by atoms with van der Waals surface area (Å²) in [6, 6.07) is 2.65. The van der Waals surface area contributed by atoms with Gasteiger partial charge >= 0.3 is 11.9 Å². The van der Waals surface area contributed by atoms with Crippen LogP contribution in [-0.2, 0) is 4.79 Å². The van der Waals surface area contributed by atoms with Crippen molar-refractivity contribution in [2.24, 2.45) is 11.7 Å². The number of rotatable bonds is 6. The minimum Gasteiger partial charge on any atom is -0.478 e. The van der Waals surface area contributed by atoms with Gasteiger partial charge in [0.05, 0.1) is 17.2 Å². The van der Waals surface area contributed by atoms with Crippen LogP contribution in [0.4, 0.5) is 5.69 Å². The Bertz CT molecular complexity index is 538. The number of aromatic carboxylic acids is 2. The van der Waals surface area contributed by atoms with Crippen LogP contribution in [0.15, 0.2) is 18.2 Å². The van der Waals surface area contributed by atoms with Gasteiger partial charge in [0.25, 0.3) is 0 Å². The van der Waals surface area contributed by atoms with E-state index >= 15 is 0 Å². The van der Waals surface area contributed by atoms with Gasteiger partial charge in [0.2, 0.25) is 5.91 Å². The Labute approximate surface area is 121 Å². The number of carboxylic acids is 2. The van der Waals surface area contributed by atoms with Gasteiger partial charge in [-0.2, -0.15) is 0 Å². The van der Waals surface area contributed by atoms with Crippen LogP contribution in [0.1, 0.15) is 41.0 Å². The van der Waals surface area contributed by atoms with Crippen molar-refractivity contribution in [2.75, 3.05) is 5.32 Å². The number of nitrogens with two attached hydrogens (primary N) is 1. The summed E-state index contributed by atoms with van der Waals surface area (Å²) in [6.45, 7) is 3.71. The Kier molecular flexibility index (Phi) is 5.43. The number of nitrogens with one attached hydrogen (secondary N) is 1. The first-order valence-corrected chi connectivity index (χ1v) is 6.44.